The number of ether oxygens (including phenoxy) is 1. The molecule has 4 rings (SSSR count). The number of alkyl halides is 3. The van der Waals surface area contributed by atoms with E-state index >= 15 is 0 Å². The van der Waals surface area contributed by atoms with Gasteiger partial charge in [-0.1, -0.05) is 16.5 Å². The summed E-state index contributed by atoms with van der Waals surface area (Å²) in [5.74, 6) is -0.409. The van der Waals surface area contributed by atoms with Crippen molar-refractivity contribution in [1.29, 1.82) is 0 Å². The molecule has 1 amide bonds. The number of halogens is 3. The van der Waals surface area contributed by atoms with Gasteiger partial charge in [0.05, 0.1) is 35.0 Å². The van der Waals surface area contributed by atoms with Crippen molar-refractivity contribution in [1.82, 2.24) is 20.4 Å². The van der Waals surface area contributed by atoms with E-state index in [9.17, 15) is 18.0 Å². The first-order valence-electron chi connectivity index (χ1n) is 10.2. The number of hydrogen-bond acceptors (Lipinski definition) is 8. The highest BCUT2D eigenvalue weighted by atomic mass is 32.1. The maximum absolute atomic E-state index is 13.2. The summed E-state index contributed by atoms with van der Waals surface area (Å²) in [5.41, 5.74) is 0.529. The first-order chi connectivity index (χ1) is 15.6. The number of nitrogens with one attached hydrogen (secondary N) is 1. The fraction of sp³-hybridized carbons (Fsp3) is 0.429. The number of carbonyl (C=O) groups is 1. The van der Waals surface area contributed by atoms with Gasteiger partial charge in [-0.15, -0.1) is 0 Å². The van der Waals surface area contributed by atoms with E-state index in [0.717, 1.165) is 12.3 Å². The Kier molecular flexibility index (Phi) is 6.39. The van der Waals surface area contributed by atoms with Crippen molar-refractivity contribution in [2.24, 2.45) is 0 Å². The van der Waals surface area contributed by atoms with Gasteiger partial charge in [0.15, 0.2) is 5.13 Å². The second-order valence-corrected chi connectivity index (χ2v) is 8.84. The molecule has 4 heterocycles. The van der Waals surface area contributed by atoms with E-state index in [2.05, 4.69) is 20.4 Å². The smallest absolute Gasteiger partial charge is 0.372 e. The lowest BCUT2D eigenvalue weighted by Crippen LogP contribution is -2.45. The average molecular weight is 482 g/mol. The molecule has 3 aromatic heterocycles. The lowest BCUT2D eigenvalue weighted by Gasteiger charge is -2.35. The van der Waals surface area contributed by atoms with Crippen LogP contribution in [0.1, 0.15) is 41.3 Å². The van der Waals surface area contributed by atoms with Crippen LogP contribution in [0.3, 0.4) is 0 Å². The van der Waals surface area contributed by atoms with Gasteiger partial charge in [0.25, 0.3) is 5.91 Å². The van der Waals surface area contributed by atoms with Gasteiger partial charge in [-0.05, 0) is 38.5 Å². The SMILES string of the molecule is Cc1nocc1C(=O)NCc1nc(N2C[C@@H](C)O[C@@H](C)C2)sc1-c1ccnc(C(F)(F)F)c1. The molecule has 176 valence electrons. The summed E-state index contributed by atoms with van der Waals surface area (Å²) < 4.78 is 50.3. The second kappa shape index (κ2) is 9.10. The van der Waals surface area contributed by atoms with Crippen LogP contribution in [0.2, 0.25) is 0 Å². The zero-order valence-electron chi connectivity index (χ0n) is 18.1. The van der Waals surface area contributed by atoms with Crippen LogP contribution in [0.15, 0.2) is 29.1 Å². The Bertz CT molecular complexity index is 1140. The van der Waals surface area contributed by atoms with Crippen LogP contribution in [0.5, 0.6) is 0 Å². The van der Waals surface area contributed by atoms with E-state index in [0.29, 0.717) is 40.0 Å². The fourth-order valence-corrected chi connectivity index (χ4v) is 4.75. The van der Waals surface area contributed by atoms with E-state index < -0.39 is 17.8 Å². The van der Waals surface area contributed by atoms with Crippen LogP contribution in [0.4, 0.5) is 18.3 Å². The van der Waals surface area contributed by atoms with Crippen molar-refractivity contribution in [2.75, 3.05) is 18.0 Å². The Labute approximate surface area is 191 Å². The average Bonchev–Trinajstić information content (AvgIpc) is 3.37. The third-order valence-electron chi connectivity index (χ3n) is 5.10. The summed E-state index contributed by atoms with van der Waals surface area (Å²) in [6.45, 7) is 6.78. The molecule has 1 fully saturated rings. The first-order valence-corrected chi connectivity index (χ1v) is 11.1. The van der Waals surface area contributed by atoms with Gasteiger partial charge in [-0.25, -0.2) is 4.98 Å². The number of rotatable bonds is 5. The Hall–Kier alpha value is -2.99. The van der Waals surface area contributed by atoms with Gasteiger partial charge in [-0.2, -0.15) is 13.2 Å². The van der Waals surface area contributed by atoms with Gasteiger partial charge in [0.2, 0.25) is 0 Å². The lowest BCUT2D eigenvalue weighted by molar-refractivity contribution is -0.141. The Morgan fingerprint density at radius 2 is 2.03 bits per heavy atom. The van der Waals surface area contributed by atoms with Crippen LogP contribution >= 0.6 is 11.3 Å². The topological polar surface area (TPSA) is 93.4 Å². The molecule has 12 heteroatoms. The molecule has 0 saturated carbocycles. The quantitative estimate of drug-likeness (QED) is 0.587. The standard InChI is InChI=1S/C21H22F3N5O3S/c1-11-8-29(9-12(2)32-11)20-27-16(7-26-19(30)15-10-31-28-13(15)3)18(33-20)14-4-5-25-17(6-14)21(22,23)24/h4-6,10-12H,7-9H2,1-3H3,(H,26,30)/t11-,12+. The van der Waals surface area contributed by atoms with E-state index in [-0.39, 0.29) is 24.3 Å². The summed E-state index contributed by atoms with van der Waals surface area (Å²) in [6.07, 6.45) is -2.23. The van der Waals surface area contributed by atoms with Gasteiger partial charge in [0.1, 0.15) is 17.5 Å². The molecule has 0 aliphatic carbocycles. The summed E-state index contributed by atoms with van der Waals surface area (Å²) in [7, 11) is 0. The molecular weight excluding hydrogens is 459 g/mol. The number of nitrogens with zero attached hydrogens (tertiary/aromatic N) is 4. The number of carbonyl (C=O) groups excluding carboxylic acids is 1. The summed E-state index contributed by atoms with van der Waals surface area (Å²) in [5, 5.41) is 7.10. The molecule has 8 nitrogen and oxygen atoms in total. The van der Waals surface area contributed by atoms with Crippen molar-refractivity contribution < 1.29 is 27.2 Å². The third kappa shape index (κ3) is 5.17. The fourth-order valence-electron chi connectivity index (χ4n) is 3.65. The molecule has 0 unspecified atom stereocenters. The van der Waals surface area contributed by atoms with Crippen molar-refractivity contribution in [3.05, 3.63) is 47.2 Å². The van der Waals surface area contributed by atoms with Crippen LogP contribution in [-0.2, 0) is 17.5 Å². The highest BCUT2D eigenvalue weighted by molar-refractivity contribution is 7.19. The number of morpholine rings is 1. The molecule has 0 aromatic carbocycles. The van der Waals surface area contributed by atoms with Crippen molar-refractivity contribution in [2.45, 2.75) is 45.7 Å². The molecule has 0 radical (unpaired) electrons. The normalized spacial score (nSPS) is 19.0. The molecule has 2 atom stereocenters. The van der Waals surface area contributed by atoms with E-state index in [4.69, 9.17) is 9.26 Å². The van der Waals surface area contributed by atoms with Crippen LogP contribution < -0.4 is 10.2 Å². The van der Waals surface area contributed by atoms with Gasteiger partial charge >= 0.3 is 6.18 Å². The zero-order chi connectivity index (χ0) is 23.8. The predicted octanol–water partition coefficient (Wildman–Crippen LogP) is 4.06. The highest BCUT2D eigenvalue weighted by Crippen LogP contribution is 2.38. The molecule has 1 aliphatic heterocycles. The minimum atomic E-state index is -4.57. The minimum absolute atomic E-state index is 0.0152. The molecule has 1 saturated heterocycles. The van der Waals surface area contributed by atoms with E-state index in [1.54, 1.807) is 6.92 Å². The zero-order valence-corrected chi connectivity index (χ0v) is 19.0. The number of aromatic nitrogens is 3. The lowest BCUT2D eigenvalue weighted by atomic mass is 10.1. The van der Waals surface area contributed by atoms with Gasteiger partial charge in [0, 0.05) is 19.3 Å². The van der Waals surface area contributed by atoms with Crippen LogP contribution in [0.25, 0.3) is 10.4 Å². The number of thiazole rings is 1. The van der Waals surface area contributed by atoms with Crippen molar-refractivity contribution >= 4 is 22.4 Å². The predicted molar refractivity (Wildman–Crippen MR) is 115 cm³/mol. The number of anilines is 1. The van der Waals surface area contributed by atoms with Crippen molar-refractivity contribution in [3.63, 3.8) is 0 Å². The maximum Gasteiger partial charge on any atom is 0.433 e. The van der Waals surface area contributed by atoms with Crippen molar-refractivity contribution in [3.8, 4) is 10.4 Å². The largest absolute Gasteiger partial charge is 0.433 e. The molecule has 33 heavy (non-hydrogen) atoms. The Morgan fingerprint density at radius 1 is 1.30 bits per heavy atom. The summed E-state index contributed by atoms with van der Waals surface area (Å²) >= 11 is 1.28. The number of aryl methyl sites for hydroxylation is 1. The van der Waals surface area contributed by atoms with Crippen LogP contribution in [-0.4, -0.2) is 46.3 Å². The van der Waals surface area contributed by atoms with Crippen LogP contribution in [0, 0.1) is 6.92 Å². The second-order valence-electron chi connectivity index (χ2n) is 7.86. The third-order valence-corrected chi connectivity index (χ3v) is 6.31. The summed E-state index contributed by atoms with van der Waals surface area (Å²) in [4.78, 5) is 23.2. The Balaban J connectivity index is 1.67. The molecule has 3 aromatic rings. The molecular formula is C21H22F3N5O3S. The number of amides is 1. The van der Waals surface area contributed by atoms with Gasteiger partial charge < -0.3 is 19.5 Å². The number of pyridine rings is 1. The van der Waals surface area contributed by atoms with E-state index in [1.807, 2.05) is 18.7 Å². The molecule has 1 N–H and O–H groups in total. The summed E-state index contributed by atoms with van der Waals surface area (Å²) in [6, 6.07) is 2.50. The Morgan fingerprint density at radius 3 is 2.67 bits per heavy atom. The van der Waals surface area contributed by atoms with E-state index in [1.165, 1.54) is 23.7 Å². The monoisotopic (exact) mass is 481 g/mol. The first kappa shape index (κ1) is 23.2. The number of hydrogen-bond donors (Lipinski definition) is 1. The molecule has 0 spiro atoms. The molecule has 1 aliphatic rings. The minimum Gasteiger partial charge on any atom is -0.372 e. The maximum atomic E-state index is 13.2. The highest BCUT2D eigenvalue weighted by Gasteiger charge is 2.33. The molecule has 0 bridgehead atoms. The van der Waals surface area contributed by atoms with Gasteiger partial charge in [-0.3, -0.25) is 9.78 Å².